The van der Waals surface area contributed by atoms with Gasteiger partial charge in [-0.25, -0.2) is 0 Å². The number of carbonyl (C=O) groups excluding carboxylic acids is 1. The second kappa shape index (κ2) is 5.01. The van der Waals surface area contributed by atoms with Crippen molar-refractivity contribution in [2.24, 2.45) is 5.73 Å². The zero-order valence-corrected chi connectivity index (χ0v) is 12.4. The van der Waals surface area contributed by atoms with Gasteiger partial charge < -0.3 is 10.6 Å². The zero-order valence-electron chi connectivity index (χ0n) is 12.4. The van der Waals surface area contributed by atoms with Crippen molar-refractivity contribution in [1.82, 2.24) is 0 Å². The van der Waals surface area contributed by atoms with Crippen LogP contribution in [0.1, 0.15) is 35.7 Å². The van der Waals surface area contributed by atoms with Crippen molar-refractivity contribution in [2.45, 2.75) is 25.3 Å². The maximum Gasteiger partial charge on any atom is 0.259 e. The van der Waals surface area contributed by atoms with Crippen molar-refractivity contribution in [3.8, 4) is 0 Å². The van der Waals surface area contributed by atoms with Gasteiger partial charge in [0.2, 0.25) is 0 Å². The molecule has 0 saturated heterocycles. The number of hydrogen-bond donors (Lipinski definition) is 1. The summed E-state index contributed by atoms with van der Waals surface area (Å²) < 4.78 is 0. The van der Waals surface area contributed by atoms with Crippen LogP contribution < -0.4 is 10.6 Å². The summed E-state index contributed by atoms with van der Waals surface area (Å²) in [7, 11) is 0. The maximum atomic E-state index is 13.0. The number of fused-ring (bicyclic) bond motifs is 1. The minimum Gasteiger partial charge on any atom is -0.330 e. The molecular formula is C18H20N2O. The van der Waals surface area contributed by atoms with Crippen LogP contribution in [-0.4, -0.2) is 18.0 Å². The number of anilines is 1. The Hall–Kier alpha value is -2.13. The normalized spacial score (nSPS) is 20.2. The van der Waals surface area contributed by atoms with Gasteiger partial charge in [-0.1, -0.05) is 36.4 Å². The van der Waals surface area contributed by atoms with Gasteiger partial charge in [-0.15, -0.1) is 0 Å². The van der Waals surface area contributed by atoms with Crippen LogP contribution >= 0.6 is 0 Å². The lowest BCUT2D eigenvalue weighted by Gasteiger charge is -2.48. The molecule has 3 rings (SSSR count). The van der Waals surface area contributed by atoms with E-state index in [4.69, 9.17) is 5.73 Å². The van der Waals surface area contributed by atoms with Gasteiger partial charge in [0.25, 0.3) is 5.91 Å². The number of nitrogens with two attached hydrogens (primary N) is 1. The van der Waals surface area contributed by atoms with Gasteiger partial charge in [0.05, 0.1) is 5.54 Å². The van der Waals surface area contributed by atoms with Crippen molar-refractivity contribution in [1.29, 1.82) is 0 Å². The van der Waals surface area contributed by atoms with Crippen LogP contribution in [0.4, 0.5) is 5.69 Å². The van der Waals surface area contributed by atoms with E-state index in [2.05, 4.69) is 13.8 Å². The van der Waals surface area contributed by atoms with Crippen molar-refractivity contribution < 1.29 is 4.79 Å². The summed E-state index contributed by atoms with van der Waals surface area (Å²) in [5.74, 6) is 0.165. The first kappa shape index (κ1) is 13.8. The Balaban J connectivity index is 2.21. The van der Waals surface area contributed by atoms with Crippen molar-refractivity contribution in [3.63, 3.8) is 0 Å². The molecule has 0 bridgehead atoms. The Morgan fingerprint density at radius 1 is 1.05 bits per heavy atom. The number of carbonyl (C=O) groups is 1. The molecule has 0 fully saturated rings. The molecule has 3 nitrogen and oxygen atoms in total. The zero-order chi connectivity index (χ0) is 15.0. The molecule has 1 heterocycles. The van der Waals surface area contributed by atoms with E-state index in [1.807, 2.05) is 59.5 Å². The minimum atomic E-state index is -0.360. The number of benzene rings is 2. The lowest BCUT2D eigenvalue weighted by atomic mass is 9.74. The van der Waals surface area contributed by atoms with Crippen LogP contribution in [0.15, 0.2) is 54.6 Å². The second-order valence-corrected chi connectivity index (χ2v) is 6.01. The first-order valence-corrected chi connectivity index (χ1v) is 7.26. The first-order valence-electron chi connectivity index (χ1n) is 7.26. The fraction of sp³-hybridized carbons (Fsp3) is 0.278. The molecule has 1 unspecified atom stereocenters. The number of amides is 1. The summed E-state index contributed by atoms with van der Waals surface area (Å²) in [5.41, 5.74) is 8.42. The van der Waals surface area contributed by atoms with E-state index in [0.717, 1.165) is 16.8 Å². The molecule has 3 heteroatoms. The molecule has 0 spiro atoms. The van der Waals surface area contributed by atoms with Crippen LogP contribution in [0.2, 0.25) is 0 Å². The second-order valence-electron chi connectivity index (χ2n) is 6.01. The molecule has 0 aromatic heterocycles. The molecule has 0 aliphatic carbocycles. The topological polar surface area (TPSA) is 46.3 Å². The monoisotopic (exact) mass is 280 g/mol. The van der Waals surface area contributed by atoms with Gasteiger partial charge >= 0.3 is 0 Å². The molecule has 2 aromatic carbocycles. The third-order valence-corrected chi connectivity index (χ3v) is 4.45. The fourth-order valence-electron chi connectivity index (χ4n) is 3.36. The number of nitrogens with zero attached hydrogens (tertiary/aromatic N) is 1. The molecule has 2 N–H and O–H groups in total. The number of rotatable bonds is 2. The van der Waals surface area contributed by atoms with Crippen LogP contribution in [0.5, 0.6) is 0 Å². The summed E-state index contributed by atoms with van der Waals surface area (Å²) >= 11 is 0. The van der Waals surface area contributed by atoms with E-state index in [1.165, 1.54) is 0 Å². The number of hydrogen-bond acceptors (Lipinski definition) is 2. The summed E-state index contributed by atoms with van der Waals surface area (Å²) in [4.78, 5) is 14.9. The van der Waals surface area contributed by atoms with Gasteiger partial charge in [-0.05, 0) is 37.6 Å². The van der Waals surface area contributed by atoms with Crippen LogP contribution in [0, 0.1) is 0 Å². The van der Waals surface area contributed by atoms with Gasteiger partial charge in [-0.2, -0.15) is 0 Å². The smallest absolute Gasteiger partial charge is 0.259 e. The summed E-state index contributed by atoms with van der Waals surface area (Å²) in [6.07, 6.45) is 0. The van der Waals surface area contributed by atoms with E-state index in [-0.39, 0.29) is 17.4 Å². The summed E-state index contributed by atoms with van der Waals surface area (Å²) in [6, 6.07) is 17.6. The van der Waals surface area contributed by atoms with E-state index in [0.29, 0.717) is 6.54 Å². The van der Waals surface area contributed by atoms with E-state index >= 15 is 0 Å². The molecule has 1 amide bonds. The Bertz CT molecular complexity index is 664. The van der Waals surface area contributed by atoms with Gasteiger partial charge in [0.15, 0.2) is 0 Å². The summed E-state index contributed by atoms with van der Waals surface area (Å²) in [6.45, 7) is 4.69. The van der Waals surface area contributed by atoms with Crippen LogP contribution in [0.25, 0.3) is 0 Å². The predicted octanol–water partition coefficient (Wildman–Crippen LogP) is 3.17. The Kier molecular flexibility index (Phi) is 3.30. The highest BCUT2D eigenvalue weighted by Gasteiger charge is 2.45. The van der Waals surface area contributed by atoms with Crippen molar-refractivity contribution in [2.75, 3.05) is 11.4 Å². The molecule has 108 valence electrons. The average molecular weight is 280 g/mol. The SMILES string of the molecule is CC1(C)C(CN)c2ccccc2C(=O)N1c1ccccc1. The average Bonchev–Trinajstić information content (AvgIpc) is 2.48. The Morgan fingerprint density at radius 3 is 2.33 bits per heavy atom. The quantitative estimate of drug-likeness (QED) is 0.918. The highest BCUT2D eigenvalue weighted by atomic mass is 16.2. The third-order valence-electron chi connectivity index (χ3n) is 4.45. The van der Waals surface area contributed by atoms with E-state index in [9.17, 15) is 4.79 Å². The van der Waals surface area contributed by atoms with Gasteiger partial charge in [0.1, 0.15) is 0 Å². The lowest BCUT2D eigenvalue weighted by Crippen LogP contribution is -2.57. The van der Waals surface area contributed by atoms with Gasteiger partial charge in [-0.3, -0.25) is 4.79 Å². The highest BCUT2D eigenvalue weighted by molar-refractivity contribution is 6.09. The van der Waals surface area contributed by atoms with Crippen LogP contribution in [0.3, 0.4) is 0 Å². The largest absolute Gasteiger partial charge is 0.330 e. The molecular weight excluding hydrogens is 260 g/mol. The first-order chi connectivity index (χ1) is 10.1. The van der Waals surface area contributed by atoms with E-state index in [1.54, 1.807) is 0 Å². The molecule has 1 atom stereocenters. The molecule has 1 aliphatic rings. The van der Waals surface area contributed by atoms with Gasteiger partial charge in [0, 0.05) is 23.7 Å². The molecule has 1 aliphatic heterocycles. The molecule has 0 radical (unpaired) electrons. The maximum absolute atomic E-state index is 13.0. The third kappa shape index (κ3) is 2.05. The lowest BCUT2D eigenvalue weighted by molar-refractivity contribution is 0.0938. The highest BCUT2D eigenvalue weighted by Crippen LogP contribution is 2.42. The number of para-hydroxylation sites is 1. The molecule has 0 saturated carbocycles. The molecule has 2 aromatic rings. The van der Waals surface area contributed by atoms with E-state index < -0.39 is 0 Å². The van der Waals surface area contributed by atoms with Crippen molar-refractivity contribution in [3.05, 3.63) is 65.7 Å². The fourth-order valence-corrected chi connectivity index (χ4v) is 3.36. The minimum absolute atomic E-state index is 0.0477. The summed E-state index contributed by atoms with van der Waals surface area (Å²) in [5, 5.41) is 0. The standard InChI is InChI=1S/C18H20N2O/c1-18(2)16(12-19)14-10-6-7-11-15(14)17(21)20(18)13-8-4-3-5-9-13/h3-11,16H,12,19H2,1-2H3. The Morgan fingerprint density at radius 2 is 1.67 bits per heavy atom. The van der Waals surface area contributed by atoms with Crippen LogP contribution in [-0.2, 0) is 0 Å². The van der Waals surface area contributed by atoms with Crippen molar-refractivity contribution >= 4 is 11.6 Å². The predicted molar refractivity (Wildman–Crippen MR) is 85.6 cm³/mol. The Labute approximate surface area is 125 Å². The molecule has 21 heavy (non-hydrogen) atoms.